The van der Waals surface area contributed by atoms with Gasteiger partial charge in [-0.25, -0.2) is 4.39 Å². The molecule has 0 saturated heterocycles. The molecule has 0 bridgehead atoms. The van der Waals surface area contributed by atoms with Gasteiger partial charge in [0, 0.05) is 11.9 Å². The molecule has 20 heavy (non-hydrogen) atoms. The molecule has 0 spiro atoms. The quantitative estimate of drug-likeness (QED) is 0.687. The third-order valence-corrected chi connectivity index (χ3v) is 3.67. The lowest BCUT2D eigenvalue weighted by Crippen LogP contribution is -1.99. The highest BCUT2D eigenvalue weighted by atomic mass is 35.5. The van der Waals surface area contributed by atoms with Crippen LogP contribution in [0.15, 0.2) is 48.5 Å². The second-order valence-corrected chi connectivity index (χ2v) is 4.87. The Balaban J connectivity index is 2.14. The lowest BCUT2D eigenvalue weighted by molar-refractivity contribution is 0.626. The largest absolute Gasteiger partial charge is 0.326 e. The van der Waals surface area contributed by atoms with Crippen molar-refractivity contribution in [2.75, 3.05) is 0 Å². The van der Waals surface area contributed by atoms with Gasteiger partial charge in [-0.1, -0.05) is 41.9 Å². The number of fused-ring (bicyclic) bond motifs is 1. The molecule has 0 atom stereocenters. The van der Waals surface area contributed by atoms with E-state index in [1.807, 2.05) is 28.8 Å². The highest BCUT2D eigenvalue weighted by Gasteiger charge is 2.15. The molecule has 1 aromatic heterocycles. The van der Waals surface area contributed by atoms with Crippen molar-refractivity contribution in [3.63, 3.8) is 0 Å². The predicted octanol–water partition coefficient (Wildman–Crippen LogP) is 4.35. The average molecular weight is 285 g/mol. The van der Waals surface area contributed by atoms with Gasteiger partial charge in [0.05, 0.1) is 11.1 Å². The summed E-state index contributed by atoms with van der Waals surface area (Å²) in [6.07, 6.45) is 0. The minimum absolute atomic E-state index is 0.269. The Morgan fingerprint density at radius 2 is 1.80 bits per heavy atom. The summed E-state index contributed by atoms with van der Waals surface area (Å²) in [7, 11) is 0. The third kappa shape index (κ3) is 2.04. The summed E-state index contributed by atoms with van der Waals surface area (Å²) in [6.45, 7) is 0.501. The van der Waals surface area contributed by atoms with Gasteiger partial charge in [-0.3, -0.25) is 0 Å². The zero-order valence-corrected chi connectivity index (χ0v) is 11.2. The first-order chi connectivity index (χ1) is 9.70. The van der Waals surface area contributed by atoms with Gasteiger partial charge >= 0.3 is 0 Å². The molecule has 0 fully saturated rings. The van der Waals surface area contributed by atoms with Crippen molar-refractivity contribution in [2.24, 2.45) is 0 Å². The first-order valence-electron chi connectivity index (χ1n) is 6.12. The van der Waals surface area contributed by atoms with Crippen LogP contribution in [-0.4, -0.2) is 4.57 Å². The number of halogens is 2. The molecule has 98 valence electrons. The van der Waals surface area contributed by atoms with Gasteiger partial charge < -0.3 is 4.57 Å². The monoisotopic (exact) mass is 284 g/mol. The maximum absolute atomic E-state index is 12.9. The number of hydrogen-bond donors (Lipinski definition) is 0. The topological polar surface area (TPSA) is 28.7 Å². The van der Waals surface area contributed by atoms with Gasteiger partial charge in [-0.2, -0.15) is 5.26 Å². The second kappa shape index (κ2) is 4.99. The zero-order valence-electron chi connectivity index (χ0n) is 10.5. The van der Waals surface area contributed by atoms with Crippen molar-refractivity contribution < 1.29 is 4.39 Å². The summed E-state index contributed by atoms with van der Waals surface area (Å²) in [4.78, 5) is 0. The third-order valence-electron chi connectivity index (χ3n) is 3.27. The lowest BCUT2D eigenvalue weighted by Gasteiger charge is -2.07. The second-order valence-electron chi connectivity index (χ2n) is 4.51. The van der Waals surface area contributed by atoms with Crippen LogP contribution >= 0.6 is 11.6 Å². The van der Waals surface area contributed by atoms with Crippen LogP contribution in [0.3, 0.4) is 0 Å². The maximum atomic E-state index is 12.9. The summed E-state index contributed by atoms with van der Waals surface area (Å²) in [5.74, 6) is -0.269. The molecule has 3 aromatic rings. The summed E-state index contributed by atoms with van der Waals surface area (Å²) >= 11 is 6.30. The number of nitriles is 1. The summed E-state index contributed by atoms with van der Waals surface area (Å²) in [5, 5.41) is 10.5. The molecule has 0 amide bonds. The fraction of sp³-hybridized carbons (Fsp3) is 0.0625. The van der Waals surface area contributed by atoms with Gasteiger partial charge in [0.25, 0.3) is 0 Å². The molecule has 0 unspecified atom stereocenters. The van der Waals surface area contributed by atoms with Crippen molar-refractivity contribution in [2.45, 2.75) is 6.54 Å². The van der Waals surface area contributed by atoms with E-state index in [2.05, 4.69) is 6.07 Å². The van der Waals surface area contributed by atoms with Crippen LogP contribution in [0.5, 0.6) is 0 Å². The number of nitrogens with zero attached hydrogens (tertiary/aromatic N) is 2. The van der Waals surface area contributed by atoms with Gasteiger partial charge in [0.2, 0.25) is 0 Å². The van der Waals surface area contributed by atoms with Gasteiger partial charge in [-0.15, -0.1) is 0 Å². The van der Waals surface area contributed by atoms with Crippen LogP contribution < -0.4 is 0 Å². The molecule has 2 aromatic carbocycles. The molecule has 1 heterocycles. The smallest absolute Gasteiger partial charge is 0.128 e. The highest BCUT2D eigenvalue weighted by Crippen LogP contribution is 2.30. The zero-order chi connectivity index (χ0) is 14.1. The van der Waals surface area contributed by atoms with Crippen molar-refractivity contribution in [1.29, 1.82) is 5.26 Å². The molecule has 2 nitrogen and oxygen atoms in total. The van der Waals surface area contributed by atoms with Gasteiger partial charge in [-0.05, 0) is 23.8 Å². The molecule has 0 saturated carbocycles. The first kappa shape index (κ1) is 12.7. The molecule has 3 rings (SSSR count). The number of hydrogen-bond acceptors (Lipinski definition) is 1. The molecule has 0 radical (unpaired) electrons. The van der Waals surface area contributed by atoms with Crippen LogP contribution in [0.2, 0.25) is 5.15 Å². The SMILES string of the molecule is N#Cc1c(Cl)n(Cc2ccc(F)cc2)c2ccccc12. The normalized spacial score (nSPS) is 10.7. The van der Waals surface area contributed by atoms with E-state index < -0.39 is 0 Å². The van der Waals surface area contributed by atoms with Crippen molar-refractivity contribution in [1.82, 2.24) is 4.57 Å². The van der Waals surface area contributed by atoms with Crippen LogP contribution in [0.1, 0.15) is 11.1 Å². The molecule has 4 heteroatoms. The van der Waals surface area contributed by atoms with E-state index in [4.69, 9.17) is 11.6 Å². The van der Waals surface area contributed by atoms with E-state index >= 15 is 0 Å². The molecule has 0 N–H and O–H groups in total. The summed E-state index contributed by atoms with van der Waals surface area (Å²) in [5.41, 5.74) is 2.31. The van der Waals surface area contributed by atoms with E-state index in [1.165, 1.54) is 12.1 Å². The average Bonchev–Trinajstić information content (AvgIpc) is 2.74. The molecular formula is C16H10ClFN2. The van der Waals surface area contributed by atoms with Gasteiger partial charge in [0.15, 0.2) is 0 Å². The maximum Gasteiger partial charge on any atom is 0.128 e. The Kier molecular flexibility index (Phi) is 3.17. The fourth-order valence-electron chi connectivity index (χ4n) is 2.31. The highest BCUT2D eigenvalue weighted by molar-refractivity contribution is 6.32. The van der Waals surface area contributed by atoms with E-state index in [0.717, 1.165) is 16.5 Å². The lowest BCUT2D eigenvalue weighted by atomic mass is 10.2. The van der Waals surface area contributed by atoms with Crippen LogP contribution in [0.25, 0.3) is 10.9 Å². The Morgan fingerprint density at radius 1 is 1.10 bits per heavy atom. The Hall–Kier alpha value is -2.31. The van der Waals surface area contributed by atoms with Gasteiger partial charge in [0.1, 0.15) is 17.0 Å². The standard InChI is InChI=1S/C16H10ClFN2/c17-16-14(9-19)13-3-1-2-4-15(13)20(16)10-11-5-7-12(18)8-6-11/h1-8H,10H2. The predicted molar refractivity (Wildman–Crippen MR) is 77.2 cm³/mol. The van der Waals surface area contributed by atoms with E-state index in [0.29, 0.717) is 17.3 Å². The number of aromatic nitrogens is 1. The molecule has 0 aliphatic rings. The summed E-state index contributed by atoms with van der Waals surface area (Å²) < 4.78 is 14.8. The Labute approximate surface area is 120 Å². The Bertz CT molecular complexity index is 813. The molecule has 0 aliphatic carbocycles. The minimum atomic E-state index is -0.269. The number of rotatable bonds is 2. The molecule has 0 aliphatic heterocycles. The first-order valence-corrected chi connectivity index (χ1v) is 6.50. The fourth-order valence-corrected chi connectivity index (χ4v) is 2.60. The van der Waals surface area contributed by atoms with E-state index in [-0.39, 0.29) is 5.82 Å². The number of benzene rings is 2. The number of para-hydroxylation sites is 1. The van der Waals surface area contributed by atoms with Crippen molar-refractivity contribution in [3.8, 4) is 6.07 Å². The van der Waals surface area contributed by atoms with E-state index in [1.54, 1.807) is 12.1 Å². The summed E-state index contributed by atoms with van der Waals surface area (Å²) in [6, 6.07) is 16.0. The van der Waals surface area contributed by atoms with Crippen LogP contribution in [-0.2, 0) is 6.54 Å². The van der Waals surface area contributed by atoms with Crippen LogP contribution in [0, 0.1) is 17.1 Å². The van der Waals surface area contributed by atoms with Crippen molar-refractivity contribution in [3.05, 3.63) is 70.6 Å². The van der Waals surface area contributed by atoms with Crippen LogP contribution in [0.4, 0.5) is 4.39 Å². The Morgan fingerprint density at radius 3 is 2.50 bits per heavy atom. The van der Waals surface area contributed by atoms with Crippen molar-refractivity contribution >= 4 is 22.5 Å². The van der Waals surface area contributed by atoms with E-state index in [9.17, 15) is 9.65 Å². The minimum Gasteiger partial charge on any atom is -0.326 e. The molecular weight excluding hydrogens is 275 g/mol.